The second-order valence-electron chi connectivity index (χ2n) is 5.29. The third-order valence-electron chi connectivity index (χ3n) is 2.92. The Hall–Kier alpha value is -1.30. The Morgan fingerprint density at radius 3 is 2.53 bits per heavy atom. The molecule has 1 aliphatic carbocycles. The van der Waals surface area contributed by atoms with Gasteiger partial charge in [-0.05, 0) is 28.5 Å². The lowest BCUT2D eigenvalue weighted by atomic mass is 9.79. The lowest BCUT2D eigenvalue weighted by Crippen LogP contribution is -2.16. The van der Waals surface area contributed by atoms with Crippen LogP contribution in [-0.4, -0.2) is 0 Å². The van der Waals surface area contributed by atoms with Crippen LogP contribution in [0.3, 0.4) is 0 Å². The zero-order valence-corrected chi connectivity index (χ0v) is 9.80. The molecule has 0 aromatic heterocycles. The molecule has 1 aliphatic rings. The van der Waals surface area contributed by atoms with Crippen molar-refractivity contribution in [3.63, 3.8) is 0 Å². The van der Waals surface area contributed by atoms with Crippen molar-refractivity contribution in [3.05, 3.63) is 53.1 Å². The van der Waals surface area contributed by atoms with E-state index in [0.717, 1.165) is 6.42 Å². The van der Waals surface area contributed by atoms with Crippen molar-refractivity contribution >= 4 is 6.08 Å². The predicted molar refractivity (Wildman–Crippen MR) is 67.0 cm³/mol. The molecule has 0 N–H and O–H groups in total. The smallest absolute Gasteiger partial charge is 0.00228 e. The fourth-order valence-corrected chi connectivity index (χ4v) is 2.15. The summed E-state index contributed by atoms with van der Waals surface area (Å²) in [7, 11) is 0. The van der Waals surface area contributed by atoms with Crippen LogP contribution in [0.1, 0.15) is 37.5 Å². The average molecular weight is 198 g/mol. The fraction of sp³-hybridized carbons (Fsp3) is 0.333. The van der Waals surface area contributed by atoms with Crippen molar-refractivity contribution in [2.24, 2.45) is 0 Å². The van der Waals surface area contributed by atoms with Gasteiger partial charge in [0.2, 0.25) is 0 Å². The minimum atomic E-state index is 0.219. The van der Waals surface area contributed by atoms with E-state index >= 15 is 0 Å². The zero-order valence-electron chi connectivity index (χ0n) is 9.80. The number of fused-ring (bicyclic) bond motifs is 1. The predicted octanol–water partition coefficient (Wildman–Crippen LogP) is 4.11. The first-order chi connectivity index (χ1) is 6.98. The summed E-state index contributed by atoms with van der Waals surface area (Å²) in [6.07, 6.45) is 5.30. The Bertz CT molecular complexity index is 428. The van der Waals surface area contributed by atoms with Gasteiger partial charge >= 0.3 is 0 Å². The lowest BCUT2D eigenvalue weighted by molar-refractivity contribution is 0.583. The molecule has 0 amide bonds. The Kier molecular flexibility index (Phi) is 2.30. The monoisotopic (exact) mass is 198 g/mol. The summed E-state index contributed by atoms with van der Waals surface area (Å²) in [5, 5.41) is 0. The summed E-state index contributed by atoms with van der Waals surface area (Å²) in [6, 6.07) is 6.58. The van der Waals surface area contributed by atoms with Crippen LogP contribution in [0, 0.1) is 0 Å². The summed E-state index contributed by atoms with van der Waals surface area (Å²) in [5.74, 6) is 0. The molecular weight excluding hydrogens is 180 g/mol. The molecule has 0 saturated heterocycles. The van der Waals surface area contributed by atoms with Gasteiger partial charge in [-0.25, -0.2) is 0 Å². The molecule has 0 radical (unpaired) electrons. The van der Waals surface area contributed by atoms with Crippen LogP contribution in [-0.2, 0) is 11.8 Å². The molecule has 0 unspecified atom stereocenters. The number of rotatable bonds is 0. The average Bonchev–Trinajstić information content (AvgIpc) is 2.15. The van der Waals surface area contributed by atoms with E-state index < -0.39 is 0 Å². The van der Waals surface area contributed by atoms with E-state index in [9.17, 15) is 0 Å². The van der Waals surface area contributed by atoms with Gasteiger partial charge in [0.1, 0.15) is 0 Å². The number of allylic oxidation sites excluding steroid dienone is 2. The molecule has 0 heterocycles. The van der Waals surface area contributed by atoms with E-state index in [2.05, 4.69) is 57.7 Å². The Morgan fingerprint density at radius 1 is 1.13 bits per heavy atom. The lowest BCUT2D eigenvalue weighted by Gasteiger charge is -2.26. The molecule has 0 aliphatic heterocycles. The molecule has 0 nitrogen and oxygen atoms in total. The highest BCUT2D eigenvalue weighted by atomic mass is 14.2. The van der Waals surface area contributed by atoms with Crippen molar-refractivity contribution in [1.29, 1.82) is 0 Å². The normalized spacial score (nSPS) is 15.3. The van der Waals surface area contributed by atoms with Gasteiger partial charge in [0.25, 0.3) is 0 Å². The summed E-state index contributed by atoms with van der Waals surface area (Å²) in [4.78, 5) is 0. The highest BCUT2D eigenvalue weighted by Gasteiger charge is 2.20. The van der Waals surface area contributed by atoms with Gasteiger partial charge in [0, 0.05) is 0 Å². The molecular formula is C15H18. The van der Waals surface area contributed by atoms with E-state index in [1.165, 1.54) is 22.3 Å². The Balaban J connectivity index is 2.60. The first-order valence-electron chi connectivity index (χ1n) is 5.47. The summed E-state index contributed by atoms with van der Waals surface area (Å²) < 4.78 is 0. The number of hydrogen-bond acceptors (Lipinski definition) is 0. The molecule has 1 aromatic rings. The topological polar surface area (TPSA) is 0 Å². The second-order valence-corrected chi connectivity index (χ2v) is 5.29. The molecule has 0 fully saturated rings. The Labute approximate surface area is 92.3 Å². The van der Waals surface area contributed by atoms with Gasteiger partial charge < -0.3 is 0 Å². The van der Waals surface area contributed by atoms with Crippen molar-refractivity contribution < 1.29 is 0 Å². The minimum Gasteiger partial charge on any atom is -0.0955 e. The molecule has 0 bridgehead atoms. The van der Waals surface area contributed by atoms with Gasteiger partial charge in [0.05, 0.1) is 0 Å². The van der Waals surface area contributed by atoms with E-state index in [0.29, 0.717) is 0 Å². The molecule has 78 valence electrons. The highest BCUT2D eigenvalue weighted by Crippen LogP contribution is 2.32. The van der Waals surface area contributed by atoms with Gasteiger partial charge in [-0.1, -0.05) is 63.3 Å². The van der Waals surface area contributed by atoms with E-state index in [4.69, 9.17) is 0 Å². The van der Waals surface area contributed by atoms with Gasteiger partial charge in [0.15, 0.2) is 0 Å². The molecule has 1 aromatic carbocycles. The summed E-state index contributed by atoms with van der Waals surface area (Å²) >= 11 is 0. The van der Waals surface area contributed by atoms with Crippen LogP contribution in [0.4, 0.5) is 0 Å². The molecule has 0 atom stereocenters. The highest BCUT2D eigenvalue weighted by molar-refractivity contribution is 5.64. The van der Waals surface area contributed by atoms with E-state index in [-0.39, 0.29) is 5.41 Å². The standard InChI is InChI=1S/C15H18/c1-11-8-9-12-6-5-7-14(13(12)10-11)15(2,3)4/h5-9H,1,10H2,2-4H3. The molecule has 2 rings (SSSR count). The maximum absolute atomic E-state index is 4.05. The van der Waals surface area contributed by atoms with E-state index in [1.54, 1.807) is 0 Å². The van der Waals surface area contributed by atoms with Crippen LogP contribution in [0.15, 0.2) is 36.4 Å². The largest absolute Gasteiger partial charge is 0.0955 e. The van der Waals surface area contributed by atoms with Crippen molar-refractivity contribution in [3.8, 4) is 0 Å². The number of hydrogen-bond donors (Lipinski definition) is 0. The van der Waals surface area contributed by atoms with Crippen LogP contribution < -0.4 is 0 Å². The van der Waals surface area contributed by atoms with Crippen molar-refractivity contribution in [1.82, 2.24) is 0 Å². The van der Waals surface area contributed by atoms with Gasteiger partial charge in [-0.15, -0.1) is 0 Å². The van der Waals surface area contributed by atoms with Gasteiger partial charge in [-0.2, -0.15) is 0 Å². The Morgan fingerprint density at radius 2 is 1.87 bits per heavy atom. The maximum atomic E-state index is 4.05. The molecule has 15 heavy (non-hydrogen) atoms. The van der Waals surface area contributed by atoms with Crippen molar-refractivity contribution in [2.75, 3.05) is 0 Å². The second kappa shape index (κ2) is 3.37. The summed E-state index contributed by atoms with van der Waals surface area (Å²) in [5.41, 5.74) is 5.69. The van der Waals surface area contributed by atoms with Crippen LogP contribution in [0.5, 0.6) is 0 Å². The molecule has 0 spiro atoms. The third-order valence-corrected chi connectivity index (χ3v) is 2.92. The third kappa shape index (κ3) is 1.90. The minimum absolute atomic E-state index is 0.219. The van der Waals surface area contributed by atoms with E-state index in [1.807, 2.05) is 0 Å². The van der Waals surface area contributed by atoms with Crippen LogP contribution in [0.25, 0.3) is 6.08 Å². The quantitative estimate of drug-likeness (QED) is 0.588. The first-order valence-corrected chi connectivity index (χ1v) is 5.47. The van der Waals surface area contributed by atoms with Gasteiger partial charge in [-0.3, -0.25) is 0 Å². The number of benzene rings is 1. The molecule has 0 heteroatoms. The molecule has 0 saturated carbocycles. The zero-order chi connectivity index (χ0) is 11.1. The van der Waals surface area contributed by atoms with Crippen molar-refractivity contribution in [2.45, 2.75) is 32.6 Å². The maximum Gasteiger partial charge on any atom is -0.00228 e. The first kappa shape index (κ1) is 10.2. The SMILES string of the molecule is C=C1C=Cc2cccc(C(C)(C)C)c2C1. The van der Waals surface area contributed by atoms with Crippen LogP contribution >= 0.6 is 0 Å². The van der Waals surface area contributed by atoms with Crippen LogP contribution in [0.2, 0.25) is 0 Å². The summed E-state index contributed by atoms with van der Waals surface area (Å²) in [6.45, 7) is 10.9. The fourth-order valence-electron chi connectivity index (χ4n) is 2.15.